The van der Waals surface area contributed by atoms with Crippen molar-refractivity contribution in [2.75, 3.05) is 31.6 Å². The van der Waals surface area contributed by atoms with E-state index < -0.39 is 10.0 Å². The summed E-state index contributed by atoms with van der Waals surface area (Å²) >= 11 is 0. The molecule has 0 aromatic heterocycles. The zero-order valence-electron chi connectivity index (χ0n) is 16.8. The van der Waals surface area contributed by atoms with Crippen LogP contribution in [0.25, 0.3) is 0 Å². The third-order valence-electron chi connectivity index (χ3n) is 3.73. The Labute approximate surface area is 175 Å². The number of amides is 2. The quantitative estimate of drug-likeness (QED) is 0.460. The number of rotatable bonds is 11. The van der Waals surface area contributed by atoms with Gasteiger partial charge in [-0.3, -0.25) is 9.59 Å². The lowest BCUT2D eigenvalue weighted by molar-refractivity contribution is -0.123. The van der Waals surface area contributed by atoms with Gasteiger partial charge in [0.1, 0.15) is 0 Å². The van der Waals surface area contributed by atoms with Crippen LogP contribution in [-0.2, 0) is 19.6 Å². The third-order valence-corrected chi connectivity index (χ3v) is 5.21. The van der Waals surface area contributed by atoms with Crippen LogP contribution in [0.3, 0.4) is 0 Å². The van der Waals surface area contributed by atoms with Gasteiger partial charge < -0.3 is 20.1 Å². The van der Waals surface area contributed by atoms with Gasteiger partial charge >= 0.3 is 0 Å². The second kappa shape index (κ2) is 11.2. The first-order valence-corrected chi connectivity index (χ1v) is 10.8. The van der Waals surface area contributed by atoms with Crippen molar-refractivity contribution in [1.29, 1.82) is 0 Å². The number of sulfonamides is 1. The van der Waals surface area contributed by atoms with Gasteiger partial charge in [0.15, 0.2) is 18.1 Å². The molecule has 9 nitrogen and oxygen atoms in total. The van der Waals surface area contributed by atoms with Crippen LogP contribution in [0.4, 0.5) is 5.69 Å². The highest BCUT2D eigenvalue weighted by Crippen LogP contribution is 2.26. The Morgan fingerprint density at radius 3 is 2.17 bits per heavy atom. The van der Waals surface area contributed by atoms with Gasteiger partial charge in [-0.2, -0.15) is 0 Å². The number of carbonyl (C=O) groups excluding carboxylic acids is 2. The van der Waals surface area contributed by atoms with Crippen molar-refractivity contribution in [3.05, 3.63) is 48.5 Å². The first-order valence-electron chi connectivity index (χ1n) is 9.30. The van der Waals surface area contributed by atoms with E-state index in [9.17, 15) is 18.0 Å². The highest BCUT2D eigenvalue weighted by atomic mass is 32.2. The molecule has 0 aliphatic carbocycles. The minimum atomic E-state index is -3.73. The Hall–Kier alpha value is -3.11. The van der Waals surface area contributed by atoms with Crippen molar-refractivity contribution >= 4 is 27.5 Å². The van der Waals surface area contributed by atoms with Crippen molar-refractivity contribution < 1.29 is 27.5 Å². The summed E-state index contributed by atoms with van der Waals surface area (Å²) in [5.41, 5.74) is 0.500. The van der Waals surface area contributed by atoms with E-state index in [0.717, 1.165) is 0 Å². The molecule has 0 aliphatic heterocycles. The monoisotopic (exact) mass is 435 g/mol. The van der Waals surface area contributed by atoms with E-state index in [1.54, 1.807) is 24.3 Å². The molecule has 0 bridgehead atoms. The number of anilines is 1. The molecule has 0 saturated heterocycles. The maximum Gasteiger partial charge on any atom is 0.257 e. The minimum Gasteiger partial charge on any atom is -0.490 e. The van der Waals surface area contributed by atoms with Gasteiger partial charge in [-0.25, -0.2) is 13.1 Å². The Morgan fingerprint density at radius 2 is 1.57 bits per heavy atom. The second-order valence-corrected chi connectivity index (χ2v) is 7.89. The molecule has 2 aromatic carbocycles. The standard InChI is InChI=1S/C20H25N3O6S/c1-3-28-18-6-4-5-7-19(18)29-14-20(25)21-12-13-22-30(26,27)17-10-8-16(9-11-17)23-15(2)24/h4-11,22H,3,12-14H2,1-2H3,(H,21,25)(H,23,24). The molecule has 0 spiro atoms. The smallest absolute Gasteiger partial charge is 0.257 e. The van der Waals surface area contributed by atoms with Gasteiger partial charge in [-0.15, -0.1) is 0 Å². The molecule has 3 N–H and O–H groups in total. The zero-order chi connectivity index (χ0) is 22.0. The molecule has 10 heteroatoms. The van der Waals surface area contributed by atoms with E-state index in [1.165, 1.54) is 31.2 Å². The Bertz CT molecular complexity index is 961. The lowest BCUT2D eigenvalue weighted by atomic mass is 10.3. The highest BCUT2D eigenvalue weighted by Gasteiger charge is 2.14. The first kappa shape index (κ1) is 23.2. The van der Waals surface area contributed by atoms with Crippen LogP contribution in [0.1, 0.15) is 13.8 Å². The second-order valence-electron chi connectivity index (χ2n) is 6.12. The zero-order valence-corrected chi connectivity index (χ0v) is 17.6. The first-order chi connectivity index (χ1) is 14.3. The maximum atomic E-state index is 12.3. The van der Waals surface area contributed by atoms with Crippen LogP contribution in [0.2, 0.25) is 0 Å². The lowest BCUT2D eigenvalue weighted by Crippen LogP contribution is -2.36. The SMILES string of the molecule is CCOc1ccccc1OCC(=O)NCCNS(=O)(=O)c1ccc(NC(C)=O)cc1. The molecule has 0 atom stereocenters. The summed E-state index contributed by atoms with van der Waals surface area (Å²) < 4.78 is 37.8. The van der Waals surface area contributed by atoms with Gasteiger partial charge in [-0.05, 0) is 43.3 Å². The average molecular weight is 436 g/mol. The number of carbonyl (C=O) groups is 2. The maximum absolute atomic E-state index is 12.3. The topological polar surface area (TPSA) is 123 Å². The van der Waals surface area contributed by atoms with Crippen molar-refractivity contribution in [3.8, 4) is 11.5 Å². The molecule has 0 aliphatic rings. The summed E-state index contributed by atoms with van der Waals surface area (Å²) in [4.78, 5) is 23.0. The third kappa shape index (κ3) is 7.37. The molecule has 0 radical (unpaired) electrons. The number of ether oxygens (including phenoxy) is 2. The predicted molar refractivity (Wildman–Crippen MR) is 112 cm³/mol. The van der Waals surface area contributed by atoms with Gasteiger partial charge in [0.25, 0.3) is 5.91 Å². The Balaban J connectivity index is 1.76. The molecule has 2 aromatic rings. The van der Waals surface area contributed by atoms with E-state index in [2.05, 4.69) is 15.4 Å². The van der Waals surface area contributed by atoms with Gasteiger partial charge in [0.2, 0.25) is 15.9 Å². The number of hydrogen-bond acceptors (Lipinski definition) is 6. The fraction of sp³-hybridized carbons (Fsp3) is 0.300. The lowest BCUT2D eigenvalue weighted by Gasteiger charge is -2.12. The predicted octanol–water partition coefficient (Wildman–Crippen LogP) is 1.52. The summed E-state index contributed by atoms with van der Waals surface area (Å²) in [6.45, 7) is 3.57. The number of hydrogen-bond donors (Lipinski definition) is 3. The molecule has 0 saturated carbocycles. The summed E-state index contributed by atoms with van der Waals surface area (Å²) in [5.74, 6) is 0.369. The fourth-order valence-electron chi connectivity index (χ4n) is 2.43. The molecular weight excluding hydrogens is 410 g/mol. The highest BCUT2D eigenvalue weighted by molar-refractivity contribution is 7.89. The average Bonchev–Trinajstić information content (AvgIpc) is 2.71. The van der Waals surface area contributed by atoms with Crippen molar-refractivity contribution in [3.63, 3.8) is 0 Å². The Morgan fingerprint density at radius 1 is 0.933 bits per heavy atom. The van der Waals surface area contributed by atoms with E-state index in [-0.39, 0.29) is 36.4 Å². The minimum absolute atomic E-state index is 0.0110. The molecule has 2 amide bonds. The van der Waals surface area contributed by atoms with Crippen LogP contribution >= 0.6 is 0 Å². The molecule has 30 heavy (non-hydrogen) atoms. The number of benzene rings is 2. The molecule has 162 valence electrons. The molecule has 2 rings (SSSR count). The normalized spacial score (nSPS) is 10.9. The molecule has 0 unspecified atom stereocenters. The fourth-order valence-corrected chi connectivity index (χ4v) is 3.46. The van der Waals surface area contributed by atoms with Crippen LogP contribution < -0.4 is 24.8 Å². The van der Waals surface area contributed by atoms with Crippen LogP contribution in [-0.4, -0.2) is 46.5 Å². The Kier molecular flexibility index (Phi) is 8.63. The van der Waals surface area contributed by atoms with E-state index in [4.69, 9.17) is 9.47 Å². The summed E-state index contributed by atoms with van der Waals surface area (Å²) in [6.07, 6.45) is 0. The summed E-state index contributed by atoms with van der Waals surface area (Å²) in [5, 5.41) is 5.14. The summed E-state index contributed by atoms with van der Waals surface area (Å²) in [6, 6.07) is 12.8. The van der Waals surface area contributed by atoms with Gasteiger partial charge in [0, 0.05) is 25.7 Å². The largest absolute Gasteiger partial charge is 0.490 e. The number of nitrogens with one attached hydrogen (secondary N) is 3. The van der Waals surface area contributed by atoms with Crippen LogP contribution in [0, 0.1) is 0 Å². The molecule has 0 heterocycles. The number of para-hydroxylation sites is 2. The van der Waals surface area contributed by atoms with Crippen molar-refractivity contribution in [1.82, 2.24) is 10.0 Å². The van der Waals surface area contributed by atoms with Gasteiger partial charge in [0.05, 0.1) is 11.5 Å². The molecule has 0 fully saturated rings. The van der Waals surface area contributed by atoms with E-state index in [1.807, 2.05) is 6.92 Å². The molecular formula is C20H25N3O6S. The van der Waals surface area contributed by atoms with Crippen LogP contribution in [0.5, 0.6) is 11.5 Å². The van der Waals surface area contributed by atoms with Crippen molar-refractivity contribution in [2.45, 2.75) is 18.7 Å². The van der Waals surface area contributed by atoms with Gasteiger partial charge in [-0.1, -0.05) is 12.1 Å². The van der Waals surface area contributed by atoms with E-state index >= 15 is 0 Å². The van der Waals surface area contributed by atoms with Crippen LogP contribution in [0.15, 0.2) is 53.4 Å². The van der Waals surface area contributed by atoms with Crippen molar-refractivity contribution in [2.24, 2.45) is 0 Å². The summed E-state index contributed by atoms with van der Waals surface area (Å²) in [7, 11) is -3.73. The van der Waals surface area contributed by atoms with E-state index in [0.29, 0.717) is 23.8 Å².